The van der Waals surface area contributed by atoms with Crippen molar-refractivity contribution in [2.24, 2.45) is 0 Å². The predicted octanol–water partition coefficient (Wildman–Crippen LogP) is 4.37. The molecule has 3 aromatic carbocycles. The third kappa shape index (κ3) is 5.63. The summed E-state index contributed by atoms with van der Waals surface area (Å²) in [7, 11) is 3.11. The van der Waals surface area contributed by atoms with Crippen LogP contribution in [0.25, 0.3) is 0 Å². The van der Waals surface area contributed by atoms with Crippen molar-refractivity contribution in [3.8, 4) is 11.5 Å². The number of halogens is 1. The van der Waals surface area contributed by atoms with Gasteiger partial charge in [-0.05, 0) is 59.7 Å². The molecule has 0 bridgehead atoms. The van der Waals surface area contributed by atoms with E-state index >= 15 is 0 Å². The Kier molecular flexibility index (Phi) is 7.80. The van der Waals surface area contributed by atoms with Gasteiger partial charge in [0, 0.05) is 12.2 Å². The lowest BCUT2D eigenvalue weighted by molar-refractivity contribution is -0.131. The molecule has 0 aliphatic carbocycles. The summed E-state index contributed by atoms with van der Waals surface area (Å²) in [5.74, 6) is 0.114. The number of rotatable bonds is 9. The number of thiocarbonyl (C=S) groups is 1. The van der Waals surface area contributed by atoms with Gasteiger partial charge in [-0.25, -0.2) is 4.39 Å². The number of carbonyl (C=O) groups is 2. The molecule has 1 N–H and O–H groups in total. The summed E-state index contributed by atoms with van der Waals surface area (Å²) in [5.41, 5.74) is 2.21. The molecule has 9 heteroatoms. The number of hydrogen-bond donors (Lipinski definition) is 1. The molecule has 1 aliphatic heterocycles. The largest absolute Gasteiger partial charge is 0.493 e. The fourth-order valence-electron chi connectivity index (χ4n) is 4.08. The predicted molar refractivity (Wildman–Crippen MR) is 138 cm³/mol. The van der Waals surface area contributed by atoms with E-state index in [2.05, 4.69) is 5.32 Å². The van der Waals surface area contributed by atoms with Crippen LogP contribution in [0, 0.1) is 5.82 Å². The second-order valence-corrected chi connectivity index (χ2v) is 8.65. The number of nitrogens with one attached hydrogen (secondary N) is 1. The Labute approximate surface area is 214 Å². The van der Waals surface area contributed by atoms with Crippen molar-refractivity contribution >= 4 is 34.8 Å². The molecule has 4 rings (SSSR count). The minimum Gasteiger partial charge on any atom is -0.493 e. The minimum absolute atomic E-state index is 0.116. The molecule has 1 saturated heterocycles. The number of benzene rings is 3. The average molecular weight is 508 g/mol. The van der Waals surface area contributed by atoms with E-state index < -0.39 is 11.9 Å². The van der Waals surface area contributed by atoms with E-state index in [4.69, 9.17) is 21.7 Å². The highest BCUT2D eigenvalue weighted by Gasteiger charge is 2.43. The molecule has 0 spiro atoms. The minimum atomic E-state index is -0.797. The van der Waals surface area contributed by atoms with Crippen molar-refractivity contribution in [1.29, 1.82) is 0 Å². The summed E-state index contributed by atoms with van der Waals surface area (Å²) in [6.07, 6.45) is -0.116. The molecule has 0 radical (unpaired) electrons. The van der Waals surface area contributed by atoms with Crippen molar-refractivity contribution in [3.63, 3.8) is 0 Å². The van der Waals surface area contributed by atoms with Crippen LogP contribution in [0.1, 0.15) is 17.5 Å². The van der Waals surface area contributed by atoms with Crippen LogP contribution in [-0.2, 0) is 22.7 Å². The lowest BCUT2D eigenvalue weighted by atomic mass is 10.1. The highest BCUT2D eigenvalue weighted by Crippen LogP contribution is 2.31. The third-order valence-corrected chi connectivity index (χ3v) is 6.35. The first-order chi connectivity index (χ1) is 17.4. The molecular formula is C27H26FN3O4S. The van der Waals surface area contributed by atoms with Gasteiger partial charge in [0.1, 0.15) is 11.9 Å². The lowest BCUT2D eigenvalue weighted by Gasteiger charge is -2.24. The standard InChI is InChI=1S/C27H26FN3O4S/c1-34-23-13-8-19(14-24(23)35-2)17-30-22(15-25(32)29-21-11-9-20(28)10-12-21)26(33)31(27(30)36)16-18-6-4-3-5-7-18/h3-14,22H,15-17H2,1-2H3,(H,29,32)/t22-/m1/s1. The molecule has 0 aromatic heterocycles. The summed E-state index contributed by atoms with van der Waals surface area (Å²) >= 11 is 5.72. The number of hydrogen-bond acceptors (Lipinski definition) is 5. The van der Waals surface area contributed by atoms with Crippen LogP contribution in [0.4, 0.5) is 10.1 Å². The average Bonchev–Trinajstić information content (AvgIpc) is 3.09. The molecule has 1 aliphatic rings. The van der Waals surface area contributed by atoms with E-state index in [1.807, 2.05) is 42.5 Å². The van der Waals surface area contributed by atoms with Gasteiger partial charge in [0.15, 0.2) is 16.6 Å². The summed E-state index contributed by atoms with van der Waals surface area (Å²) in [6.45, 7) is 0.599. The van der Waals surface area contributed by atoms with Crippen LogP contribution in [0.2, 0.25) is 0 Å². The van der Waals surface area contributed by atoms with Gasteiger partial charge >= 0.3 is 0 Å². The van der Waals surface area contributed by atoms with E-state index in [1.54, 1.807) is 25.2 Å². The Balaban J connectivity index is 1.58. The maximum Gasteiger partial charge on any atom is 0.252 e. The van der Waals surface area contributed by atoms with Crippen molar-refractivity contribution in [1.82, 2.24) is 9.80 Å². The summed E-state index contributed by atoms with van der Waals surface area (Å²) in [5, 5.41) is 3.08. The summed E-state index contributed by atoms with van der Waals surface area (Å²) in [6, 6.07) is 19.7. The second-order valence-electron chi connectivity index (χ2n) is 8.28. The van der Waals surface area contributed by atoms with Crippen LogP contribution < -0.4 is 14.8 Å². The van der Waals surface area contributed by atoms with Crippen LogP contribution in [0.15, 0.2) is 72.8 Å². The Morgan fingerprint density at radius 2 is 1.64 bits per heavy atom. The van der Waals surface area contributed by atoms with Crippen LogP contribution in [0.3, 0.4) is 0 Å². The molecule has 0 saturated carbocycles. The topological polar surface area (TPSA) is 71.1 Å². The van der Waals surface area contributed by atoms with Gasteiger partial charge in [-0.15, -0.1) is 0 Å². The fraction of sp³-hybridized carbons (Fsp3) is 0.222. The van der Waals surface area contributed by atoms with Gasteiger partial charge in [-0.3, -0.25) is 14.5 Å². The first-order valence-corrected chi connectivity index (χ1v) is 11.7. The molecule has 1 fully saturated rings. The first kappa shape index (κ1) is 25.1. The van der Waals surface area contributed by atoms with Crippen LogP contribution >= 0.6 is 12.2 Å². The zero-order chi connectivity index (χ0) is 25.7. The second kappa shape index (κ2) is 11.2. The molecular weight excluding hydrogens is 481 g/mol. The zero-order valence-corrected chi connectivity index (χ0v) is 20.8. The number of ether oxygens (including phenoxy) is 2. The highest BCUT2D eigenvalue weighted by molar-refractivity contribution is 7.80. The molecule has 1 atom stereocenters. The molecule has 7 nitrogen and oxygen atoms in total. The van der Waals surface area contributed by atoms with Crippen molar-refractivity contribution in [3.05, 3.63) is 89.7 Å². The van der Waals surface area contributed by atoms with Crippen molar-refractivity contribution < 1.29 is 23.5 Å². The third-order valence-electron chi connectivity index (χ3n) is 5.90. The number of anilines is 1. The number of carbonyl (C=O) groups excluding carboxylic acids is 2. The molecule has 186 valence electrons. The molecule has 0 unspecified atom stereocenters. The number of nitrogens with zero attached hydrogens (tertiary/aromatic N) is 2. The fourth-order valence-corrected chi connectivity index (χ4v) is 4.43. The first-order valence-electron chi connectivity index (χ1n) is 11.3. The van der Waals surface area contributed by atoms with Gasteiger partial charge in [0.2, 0.25) is 5.91 Å². The van der Waals surface area contributed by atoms with E-state index in [0.29, 0.717) is 35.4 Å². The number of methoxy groups -OCH3 is 2. The van der Waals surface area contributed by atoms with E-state index in [-0.39, 0.29) is 18.2 Å². The summed E-state index contributed by atoms with van der Waals surface area (Å²) < 4.78 is 24.0. The van der Waals surface area contributed by atoms with Gasteiger partial charge in [-0.2, -0.15) is 0 Å². The SMILES string of the molecule is COc1ccc(CN2C(=S)N(Cc3ccccc3)C(=O)[C@H]2CC(=O)Nc2ccc(F)cc2)cc1OC. The van der Waals surface area contributed by atoms with Gasteiger partial charge < -0.3 is 19.7 Å². The van der Waals surface area contributed by atoms with Crippen molar-refractivity contribution in [2.45, 2.75) is 25.6 Å². The van der Waals surface area contributed by atoms with Gasteiger partial charge in [0.25, 0.3) is 5.91 Å². The lowest BCUT2D eigenvalue weighted by Crippen LogP contribution is -2.37. The monoisotopic (exact) mass is 507 g/mol. The zero-order valence-electron chi connectivity index (χ0n) is 19.9. The van der Waals surface area contributed by atoms with E-state index in [1.165, 1.54) is 29.2 Å². The molecule has 1 heterocycles. The van der Waals surface area contributed by atoms with E-state index in [0.717, 1.165) is 11.1 Å². The maximum absolute atomic E-state index is 13.5. The Morgan fingerprint density at radius 3 is 2.31 bits per heavy atom. The summed E-state index contributed by atoms with van der Waals surface area (Å²) in [4.78, 5) is 29.7. The quantitative estimate of drug-likeness (QED) is 0.434. The normalized spacial score (nSPS) is 15.2. The maximum atomic E-state index is 13.5. The Bertz CT molecular complexity index is 1250. The van der Waals surface area contributed by atoms with E-state index in [9.17, 15) is 14.0 Å². The highest BCUT2D eigenvalue weighted by atomic mass is 32.1. The molecule has 36 heavy (non-hydrogen) atoms. The van der Waals surface area contributed by atoms with Crippen LogP contribution in [-0.4, -0.2) is 47.0 Å². The smallest absolute Gasteiger partial charge is 0.252 e. The van der Waals surface area contributed by atoms with Crippen molar-refractivity contribution in [2.75, 3.05) is 19.5 Å². The van der Waals surface area contributed by atoms with Gasteiger partial charge in [0.05, 0.1) is 27.2 Å². The van der Waals surface area contributed by atoms with Gasteiger partial charge in [-0.1, -0.05) is 36.4 Å². The Morgan fingerprint density at radius 1 is 0.944 bits per heavy atom. The number of amides is 2. The van der Waals surface area contributed by atoms with Crippen LogP contribution in [0.5, 0.6) is 11.5 Å². The molecule has 2 amide bonds. The Hall–Kier alpha value is -3.98. The molecule has 3 aromatic rings.